The van der Waals surface area contributed by atoms with Crippen molar-refractivity contribution < 1.29 is 4.79 Å². The Kier molecular flexibility index (Phi) is 5.63. The lowest BCUT2D eigenvalue weighted by Gasteiger charge is -2.35. The summed E-state index contributed by atoms with van der Waals surface area (Å²) in [5.41, 5.74) is 5.64. The van der Waals surface area contributed by atoms with Gasteiger partial charge in [-0.15, -0.1) is 23.7 Å². The van der Waals surface area contributed by atoms with E-state index in [-0.39, 0.29) is 18.3 Å². The van der Waals surface area contributed by atoms with Gasteiger partial charge in [-0.05, 0) is 24.3 Å². The highest BCUT2D eigenvalue weighted by Crippen LogP contribution is 2.28. The second-order valence-corrected chi connectivity index (χ2v) is 5.99. The number of hydrogen-bond acceptors (Lipinski definition) is 3. The van der Waals surface area contributed by atoms with E-state index in [2.05, 4.69) is 6.07 Å². The zero-order valence-electron chi connectivity index (χ0n) is 10.7. The molecule has 0 aromatic carbocycles. The minimum atomic E-state index is -0.607. The smallest absolute Gasteiger partial charge is 0.242 e. The van der Waals surface area contributed by atoms with Crippen molar-refractivity contribution in [1.82, 2.24) is 4.90 Å². The molecule has 2 N–H and O–H groups in total. The number of carbonyl (C=O) groups excluding carboxylic acids is 1. The summed E-state index contributed by atoms with van der Waals surface area (Å²) >= 11 is 1.68. The Hall–Kier alpha value is -0.580. The van der Waals surface area contributed by atoms with Crippen molar-refractivity contribution >= 4 is 29.7 Å². The number of hydrogen-bond donors (Lipinski definition) is 1. The van der Waals surface area contributed by atoms with Crippen LogP contribution in [0.3, 0.4) is 0 Å². The van der Waals surface area contributed by atoms with Crippen LogP contribution in [0.15, 0.2) is 17.5 Å². The lowest BCUT2D eigenvalue weighted by atomic mass is 9.81. The molecule has 5 heteroatoms. The second-order valence-electron chi connectivity index (χ2n) is 4.96. The maximum atomic E-state index is 12.4. The molecule has 18 heavy (non-hydrogen) atoms. The standard InChI is InChI=1S/C13H20N2OS.ClH/c1-15(10-11-6-5-9-17-11)12(16)13(14)7-3-2-4-8-13;/h5-6,9H,2-4,7-8,10,14H2,1H3;1H. The summed E-state index contributed by atoms with van der Waals surface area (Å²) in [6, 6.07) is 4.07. The van der Waals surface area contributed by atoms with Crippen LogP contribution in [-0.2, 0) is 11.3 Å². The van der Waals surface area contributed by atoms with Gasteiger partial charge in [0.1, 0.15) is 0 Å². The van der Waals surface area contributed by atoms with E-state index in [1.54, 1.807) is 16.2 Å². The summed E-state index contributed by atoms with van der Waals surface area (Å²) in [5.74, 6) is 0.102. The normalized spacial score (nSPS) is 17.9. The molecular weight excluding hydrogens is 268 g/mol. The third-order valence-corrected chi connectivity index (χ3v) is 4.35. The van der Waals surface area contributed by atoms with Crippen LogP contribution in [0.25, 0.3) is 0 Å². The molecule has 1 saturated carbocycles. The number of thiophene rings is 1. The Morgan fingerprint density at radius 1 is 1.44 bits per heavy atom. The van der Waals surface area contributed by atoms with Crippen LogP contribution in [0.5, 0.6) is 0 Å². The molecular formula is C13H21ClN2OS. The van der Waals surface area contributed by atoms with E-state index in [0.29, 0.717) is 6.54 Å². The highest BCUT2D eigenvalue weighted by atomic mass is 35.5. The van der Waals surface area contributed by atoms with Gasteiger partial charge in [-0.3, -0.25) is 4.79 Å². The van der Waals surface area contributed by atoms with Crippen LogP contribution in [-0.4, -0.2) is 23.4 Å². The van der Waals surface area contributed by atoms with Gasteiger partial charge in [0.2, 0.25) is 5.91 Å². The van der Waals surface area contributed by atoms with Gasteiger partial charge in [-0.1, -0.05) is 25.3 Å². The molecule has 102 valence electrons. The van der Waals surface area contributed by atoms with Crippen LogP contribution in [0.1, 0.15) is 37.0 Å². The van der Waals surface area contributed by atoms with Gasteiger partial charge >= 0.3 is 0 Å². The predicted molar refractivity (Wildman–Crippen MR) is 78.0 cm³/mol. The minimum absolute atomic E-state index is 0. The predicted octanol–water partition coefficient (Wildman–Crippen LogP) is 2.79. The molecule has 0 spiro atoms. The Balaban J connectivity index is 0.00000162. The van der Waals surface area contributed by atoms with Gasteiger partial charge in [-0.25, -0.2) is 0 Å². The van der Waals surface area contributed by atoms with Gasteiger partial charge in [-0.2, -0.15) is 0 Å². The van der Waals surface area contributed by atoms with Crippen molar-refractivity contribution in [2.45, 2.75) is 44.2 Å². The summed E-state index contributed by atoms with van der Waals surface area (Å²) in [5, 5.41) is 2.03. The Morgan fingerprint density at radius 3 is 2.67 bits per heavy atom. The summed E-state index contributed by atoms with van der Waals surface area (Å²) in [6.45, 7) is 0.676. The van der Waals surface area contributed by atoms with E-state index in [0.717, 1.165) is 25.7 Å². The molecule has 1 aliphatic rings. The van der Waals surface area contributed by atoms with Gasteiger partial charge in [0, 0.05) is 11.9 Å². The highest BCUT2D eigenvalue weighted by molar-refractivity contribution is 7.09. The first-order chi connectivity index (χ1) is 8.12. The largest absolute Gasteiger partial charge is 0.339 e. The Labute approximate surface area is 119 Å². The average molecular weight is 289 g/mol. The molecule has 1 aromatic heterocycles. The molecule has 1 aliphatic carbocycles. The van der Waals surface area contributed by atoms with Crippen LogP contribution in [0.2, 0.25) is 0 Å². The SMILES string of the molecule is CN(Cc1cccs1)C(=O)C1(N)CCCCC1.Cl. The number of halogens is 1. The van der Waals surface area contributed by atoms with Gasteiger partial charge < -0.3 is 10.6 Å². The lowest BCUT2D eigenvalue weighted by molar-refractivity contribution is -0.137. The molecule has 0 radical (unpaired) electrons. The van der Waals surface area contributed by atoms with Crippen molar-refractivity contribution in [2.24, 2.45) is 5.73 Å². The number of nitrogens with zero attached hydrogens (tertiary/aromatic N) is 1. The van der Waals surface area contributed by atoms with Crippen molar-refractivity contribution in [3.8, 4) is 0 Å². The maximum absolute atomic E-state index is 12.4. The molecule has 3 nitrogen and oxygen atoms in total. The van der Waals surface area contributed by atoms with E-state index in [9.17, 15) is 4.79 Å². The topological polar surface area (TPSA) is 46.3 Å². The maximum Gasteiger partial charge on any atom is 0.242 e. The number of rotatable bonds is 3. The van der Waals surface area contributed by atoms with Gasteiger partial charge in [0.25, 0.3) is 0 Å². The van der Waals surface area contributed by atoms with Crippen molar-refractivity contribution in [1.29, 1.82) is 0 Å². The van der Waals surface area contributed by atoms with E-state index < -0.39 is 5.54 Å². The van der Waals surface area contributed by atoms with Crippen LogP contribution < -0.4 is 5.73 Å². The summed E-state index contributed by atoms with van der Waals surface area (Å²) in [7, 11) is 1.85. The Morgan fingerprint density at radius 2 is 2.11 bits per heavy atom. The van der Waals surface area contributed by atoms with Crippen molar-refractivity contribution in [3.63, 3.8) is 0 Å². The fourth-order valence-electron chi connectivity index (χ4n) is 2.48. The van der Waals surface area contributed by atoms with E-state index in [4.69, 9.17) is 5.73 Å². The number of likely N-dealkylation sites (N-methyl/N-ethyl adjacent to an activating group) is 1. The molecule has 0 atom stereocenters. The van der Waals surface area contributed by atoms with E-state index in [1.165, 1.54) is 11.3 Å². The summed E-state index contributed by atoms with van der Waals surface area (Å²) < 4.78 is 0. The van der Waals surface area contributed by atoms with Crippen LogP contribution >= 0.6 is 23.7 Å². The third-order valence-electron chi connectivity index (χ3n) is 3.49. The van der Waals surface area contributed by atoms with Crippen LogP contribution in [0, 0.1) is 0 Å². The zero-order valence-corrected chi connectivity index (χ0v) is 12.4. The summed E-state index contributed by atoms with van der Waals surface area (Å²) in [6.07, 6.45) is 5.03. The molecule has 0 saturated heterocycles. The number of amides is 1. The van der Waals surface area contributed by atoms with Crippen LogP contribution in [0.4, 0.5) is 0 Å². The Bertz CT molecular complexity index is 374. The molecule has 1 fully saturated rings. The monoisotopic (exact) mass is 288 g/mol. The fraction of sp³-hybridized carbons (Fsp3) is 0.615. The second kappa shape index (κ2) is 6.55. The molecule has 0 aliphatic heterocycles. The minimum Gasteiger partial charge on any atom is -0.339 e. The molecule has 2 rings (SSSR count). The molecule has 0 unspecified atom stereocenters. The lowest BCUT2D eigenvalue weighted by Crippen LogP contribution is -2.55. The molecule has 1 heterocycles. The third kappa shape index (κ3) is 3.46. The van der Waals surface area contributed by atoms with E-state index in [1.807, 2.05) is 18.5 Å². The molecule has 0 bridgehead atoms. The quantitative estimate of drug-likeness (QED) is 0.930. The first kappa shape index (κ1) is 15.5. The number of nitrogens with two attached hydrogens (primary N) is 1. The molecule has 1 amide bonds. The highest BCUT2D eigenvalue weighted by Gasteiger charge is 2.37. The first-order valence-corrected chi connectivity index (χ1v) is 7.07. The van der Waals surface area contributed by atoms with Gasteiger partial charge in [0.15, 0.2) is 0 Å². The van der Waals surface area contributed by atoms with Gasteiger partial charge in [0.05, 0.1) is 12.1 Å². The van der Waals surface area contributed by atoms with Crippen molar-refractivity contribution in [3.05, 3.63) is 22.4 Å². The first-order valence-electron chi connectivity index (χ1n) is 6.19. The fourth-order valence-corrected chi connectivity index (χ4v) is 3.24. The molecule has 1 aromatic rings. The van der Waals surface area contributed by atoms with Crippen molar-refractivity contribution in [2.75, 3.05) is 7.05 Å². The zero-order chi connectivity index (χ0) is 12.3. The average Bonchev–Trinajstić information content (AvgIpc) is 2.81. The summed E-state index contributed by atoms with van der Waals surface area (Å²) in [4.78, 5) is 15.3. The number of carbonyl (C=O) groups is 1. The van der Waals surface area contributed by atoms with E-state index >= 15 is 0 Å².